The Hall–Kier alpha value is -1.13. The molecule has 0 fully saturated rings. The highest BCUT2D eigenvalue weighted by Gasteiger charge is 2.10. The van der Waals surface area contributed by atoms with Gasteiger partial charge in [-0.2, -0.15) is 0 Å². The minimum Gasteiger partial charge on any atom is -0.306 e. The first kappa shape index (κ1) is 13.3. The van der Waals surface area contributed by atoms with Crippen LogP contribution >= 0.6 is 27.5 Å². The topological polar surface area (TPSA) is 45.8 Å². The molecule has 2 rings (SSSR count). The normalized spacial score (nSPS) is 10.7. The maximum atomic E-state index is 11.8. The largest absolute Gasteiger partial charge is 0.306 e. The van der Waals surface area contributed by atoms with Gasteiger partial charge in [0.2, 0.25) is 0 Å². The summed E-state index contributed by atoms with van der Waals surface area (Å²) in [6, 6.07) is 5.38. The van der Waals surface area contributed by atoms with Crippen molar-refractivity contribution in [2.45, 2.75) is 20.3 Å². The van der Waals surface area contributed by atoms with Gasteiger partial charge in [0, 0.05) is 20.6 Å². The van der Waals surface area contributed by atoms with Crippen LogP contribution in [0.25, 0.3) is 11.4 Å². The lowest BCUT2D eigenvalue weighted by molar-refractivity contribution is 0.954. The second-order valence-corrected chi connectivity index (χ2v) is 5.25. The molecule has 1 heterocycles. The fourth-order valence-corrected chi connectivity index (χ4v) is 2.60. The van der Waals surface area contributed by atoms with Gasteiger partial charge in [0.15, 0.2) is 0 Å². The number of aromatic amines is 1. The zero-order chi connectivity index (χ0) is 13.3. The van der Waals surface area contributed by atoms with Crippen molar-refractivity contribution in [1.82, 2.24) is 9.97 Å². The molecule has 0 spiro atoms. The molecule has 18 heavy (non-hydrogen) atoms. The number of hydrogen-bond acceptors (Lipinski definition) is 2. The fourth-order valence-electron chi connectivity index (χ4n) is 1.73. The lowest BCUT2D eigenvalue weighted by atomic mass is 10.1. The van der Waals surface area contributed by atoms with E-state index in [0.29, 0.717) is 16.4 Å². The van der Waals surface area contributed by atoms with Crippen LogP contribution in [0, 0.1) is 6.92 Å². The Labute approximate surface area is 118 Å². The first-order chi connectivity index (χ1) is 8.52. The molecule has 5 heteroatoms. The average Bonchev–Trinajstić information content (AvgIpc) is 2.32. The number of halogens is 2. The van der Waals surface area contributed by atoms with Crippen LogP contribution in [-0.4, -0.2) is 9.97 Å². The number of aryl methyl sites for hydroxylation is 1. The summed E-state index contributed by atoms with van der Waals surface area (Å²) in [5, 5.41) is 0.635. The predicted octanol–water partition coefficient (Wildman–Crippen LogP) is 3.72. The molecule has 0 aliphatic rings. The second kappa shape index (κ2) is 5.24. The van der Waals surface area contributed by atoms with Crippen molar-refractivity contribution in [2.75, 3.05) is 0 Å². The van der Waals surface area contributed by atoms with E-state index in [0.717, 1.165) is 22.2 Å². The van der Waals surface area contributed by atoms with Crippen molar-refractivity contribution >= 4 is 27.5 Å². The third-order valence-electron chi connectivity index (χ3n) is 2.77. The predicted molar refractivity (Wildman–Crippen MR) is 77.1 cm³/mol. The highest BCUT2D eigenvalue weighted by Crippen LogP contribution is 2.28. The van der Waals surface area contributed by atoms with Crippen LogP contribution < -0.4 is 5.56 Å². The van der Waals surface area contributed by atoms with Gasteiger partial charge in [-0.25, -0.2) is 4.98 Å². The molecular weight excluding hydrogens is 316 g/mol. The molecular formula is C13H12BrClN2O. The van der Waals surface area contributed by atoms with Crippen LogP contribution in [-0.2, 0) is 6.42 Å². The van der Waals surface area contributed by atoms with E-state index in [1.54, 1.807) is 19.1 Å². The van der Waals surface area contributed by atoms with E-state index in [4.69, 9.17) is 11.6 Å². The summed E-state index contributed by atoms with van der Waals surface area (Å²) >= 11 is 9.32. The summed E-state index contributed by atoms with van der Waals surface area (Å²) in [6.07, 6.45) is 0.730. The van der Waals surface area contributed by atoms with Gasteiger partial charge >= 0.3 is 0 Å². The van der Waals surface area contributed by atoms with Crippen molar-refractivity contribution in [2.24, 2.45) is 0 Å². The third kappa shape index (κ3) is 2.49. The van der Waals surface area contributed by atoms with Gasteiger partial charge in [0.1, 0.15) is 5.82 Å². The lowest BCUT2D eigenvalue weighted by Gasteiger charge is -2.07. The minimum absolute atomic E-state index is 0.0984. The Balaban J connectivity index is 2.64. The number of benzene rings is 1. The molecule has 1 aromatic heterocycles. The van der Waals surface area contributed by atoms with E-state index in [-0.39, 0.29) is 5.56 Å². The summed E-state index contributed by atoms with van der Waals surface area (Å²) in [5.74, 6) is 0.561. The minimum atomic E-state index is -0.0984. The smallest absolute Gasteiger partial charge is 0.254 e. The molecule has 0 saturated carbocycles. The van der Waals surface area contributed by atoms with E-state index in [2.05, 4.69) is 25.9 Å². The van der Waals surface area contributed by atoms with Gasteiger partial charge in [0.25, 0.3) is 5.56 Å². The summed E-state index contributed by atoms with van der Waals surface area (Å²) in [7, 11) is 0. The fraction of sp³-hybridized carbons (Fsp3) is 0.231. The van der Waals surface area contributed by atoms with Crippen LogP contribution in [0.1, 0.15) is 18.2 Å². The highest BCUT2D eigenvalue weighted by atomic mass is 79.9. The van der Waals surface area contributed by atoms with Crippen molar-refractivity contribution in [3.05, 3.63) is 49.3 Å². The maximum Gasteiger partial charge on any atom is 0.254 e. The Morgan fingerprint density at radius 3 is 2.78 bits per heavy atom. The summed E-state index contributed by atoms with van der Waals surface area (Å²) in [4.78, 5) is 19.1. The SMILES string of the molecule is CCc1nc(-c2ccc(Cl)cc2Br)[nH]c(=O)c1C. The van der Waals surface area contributed by atoms with E-state index >= 15 is 0 Å². The van der Waals surface area contributed by atoms with E-state index < -0.39 is 0 Å². The second-order valence-electron chi connectivity index (χ2n) is 3.96. The van der Waals surface area contributed by atoms with Crippen LogP contribution in [0.5, 0.6) is 0 Å². The van der Waals surface area contributed by atoms with Crippen LogP contribution in [0.15, 0.2) is 27.5 Å². The number of hydrogen-bond donors (Lipinski definition) is 1. The van der Waals surface area contributed by atoms with Gasteiger partial charge in [-0.05, 0) is 47.5 Å². The van der Waals surface area contributed by atoms with Gasteiger partial charge < -0.3 is 4.98 Å². The Bertz CT molecular complexity index is 652. The zero-order valence-corrected chi connectivity index (χ0v) is 12.4. The number of rotatable bonds is 2. The van der Waals surface area contributed by atoms with Crippen LogP contribution in [0.3, 0.4) is 0 Å². The Morgan fingerprint density at radius 2 is 2.17 bits per heavy atom. The number of aromatic nitrogens is 2. The van der Waals surface area contributed by atoms with Gasteiger partial charge in [-0.1, -0.05) is 18.5 Å². The first-order valence-electron chi connectivity index (χ1n) is 5.58. The molecule has 0 aliphatic heterocycles. The van der Waals surface area contributed by atoms with Crippen molar-refractivity contribution in [1.29, 1.82) is 0 Å². The first-order valence-corrected chi connectivity index (χ1v) is 6.75. The quantitative estimate of drug-likeness (QED) is 0.913. The van der Waals surface area contributed by atoms with Crippen molar-refractivity contribution in [3.8, 4) is 11.4 Å². The molecule has 0 unspecified atom stereocenters. The third-order valence-corrected chi connectivity index (χ3v) is 3.66. The van der Waals surface area contributed by atoms with Crippen LogP contribution in [0.2, 0.25) is 5.02 Å². The van der Waals surface area contributed by atoms with Crippen molar-refractivity contribution < 1.29 is 0 Å². The van der Waals surface area contributed by atoms with E-state index in [9.17, 15) is 4.79 Å². The van der Waals surface area contributed by atoms with Gasteiger partial charge in [0.05, 0.1) is 5.69 Å². The van der Waals surface area contributed by atoms with Crippen molar-refractivity contribution in [3.63, 3.8) is 0 Å². The van der Waals surface area contributed by atoms with E-state index in [1.807, 2.05) is 13.0 Å². The summed E-state index contributed by atoms with van der Waals surface area (Å²) < 4.78 is 0.809. The zero-order valence-electron chi connectivity index (χ0n) is 10.1. The standard InChI is InChI=1S/C13H12BrClN2O/c1-3-11-7(2)13(18)17-12(16-11)9-5-4-8(15)6-10(9)14/h4-6H,3H2,1-2H3,(H,16,17,18). The molecule has 94 valence electrons. The molecule has 0 saturated heterocycles. The monoisotopic (exact) mass is 326 g/mol. The lowest BCUT2D eigenvalue weighted by Crippen LogP contribution is -2.15. The number of nitrogens with one attached hydrogen (secondary N) is 1. The number of H-pyrrole nitrogens is 1. The molecule has 0 bridgehead atoms. The maximum absolute atomic E-state index is 11.8. The molecule has 0 aliphatic carbocycles. The molecule has 2 aromatic rings. The molecule has 0 amide bonds. The Morgan fingerprint density at radius 1 is 1.44 bits per heavy atom. The highest BCUT2D eigenvalue weighted by molar-refractivity contribution is 9.10. The summed E-state index contributed by atoms with van der Waals surface area (Å²) in [5.41, 5.74) is 2.21. The molecule has 0 atom stereocenters. The van der Waals surface area contributed by atoms with Gasteiger partial charge in [-0.15, -0.1) is 0 Å². The van der Waals surface area contributed by atoms with Gasteiger partial charge in [-0.3, -0.25) is 4.79 Å². The molecule has 0 radical (unpaired) electrons. The van der Waals surface area contributed by atoms with Crippen LogP contribution in [0.4, 0.5) is 0 Å². The molecule has 3 nitrogen and oxygen atoms in total. The Kier molecular flexibility index (Phi) is 3.88. The molecule has 1 aromatic carbocycles. The average molecular weight is 328 g/mol. The summed E-state index contributed by atoms with van der Waals surface area (Å²) in [6.45, 7) is 3.76. The molecule has 1 N–H and O–H groups in total. The van der Waals surface area contributed by atoms with E-state index in [1.165, 1.54) is 0 Å². The number of nitrogens with zero attached hydrogens (tertiary/aromatic N) is 1.